The Morgan fingerprint density at radius 3 is 2.59 bits per heavy atom. The number of aryl methyl sites for hydroxylation is 1. The predicted molar refractivity (Wildman–Crippen MR) is 89.2 cm³/mol. The Morgan fingerprint density at radius 1 is 1.27 bits per heavy atom. The van der Waals surface area contributed by atoms with Gasteiger partial charge in [-0.2, -0.15) is 0 Å². The van der Waals surface area contributed by atoms with Crippen molar-refractivity contribution in [3.05, 3.63) is 24.0 Å². The van der Waals surface area contributed by atoms with Crippen LogP contribution >= 0.6 is 0 Å². The highest BCUT2D eigenvalue weighted by atomic mass is 16.3. The van der Waals surface area contributed by atoms with Crippen molar-refractivity contribution in [1.29, 1.82) is 0 Å². The van der Waals surface area contributed by atoms with Crippen molar-refractivity contribution >= 4 is 5.69 Å². The summed E-state index contributed by atoms with van der Waals surface area (Å²) in [6.45, 7) is 5.61. The maximum Gasteiger partial charge on any atom is 0.0587 e. The lowest BCUT2D eigenvalue weighted by Crippen LogP contribution is -2.43. The van der Waals surface area contributed by atoms with E-state index in [-0.39, 0.29) is 18.8 Å². The first-order valence-electron chi connectivity index (χ1n) is 8.26. The molecule has 3 rings (SSSR count). The second-order valence-electron chi connectivity index (χ2n) is 6.35. The monoisotopic (exact) mass is 307 g/mol. The zero-order valence-corrected chi connectivity index (χ0v) is 13.8. The quantitative estimate of drug-likeness (QED) is 0.865. The first-order valence-corrected chi connectivity index (χ1v) is 8.26. The Kier molecular flexibility index (Phi) is 6.61. The van der Waals surface area contributed by atoms with Gasteiger partial charge in [-0.3, -0.25) is 4.98 Å². The molecule has 2 aliphatic heterocycles. The van der Waals surface area contributed by atoms with Crippen molar-refractivity contribution in [2.24, 2.45) is 0 Å². The van der Waals surface area contributed by atoms with Crippen LogP contribution < -0.4 is 4.90 Å². The summed E-state index contributed by atoms with van der Waals surface area (Å²) in [5, 5.41) is 18.0. The first-order chi connectivity index (χ1) is 10.6. The van der Waals surface area contributed by atoms with E-state index < -0.39 is 0 Å². The van der Waals surface area contributed by atoms with Gasteiger partial charge in [0.05, 0.1) is 24.6 Å². The fraction of sp³-hybridized carbons (Fsp3) is 0.706. The van der Waals surface area contributed by atoms with Gasteiger partial charge < -0.3 is 20.0 Å². The lowest BCUT2D eigenvalue weighted by molar-refractivity contribution is 0.0307. The fourth-order valence-corrected chi connectivity index (χ4v) is 3.11. The standard InChI is InChI=1S/C10H14N2.C7H15NO2/c1-9-4-5-11-8-10(9)12-6-2-3-7-12;1-8-3-2-7(10)4-6(8)5-9/h4-5,8H,2-3,6-7H2,1H3;6-7,9-10H,2-5H2,1H3. The number of hydrogen-bond donors (Lipinski definition) is 2. The third-order valence-electron chi connectivity index (χ3n) is 4.65. The number of aromatic nitrogens is 1. The molecule has 2 saturated heterocycles. The molecule has 2 aliphatic rings. The highest BCUT2D eigenvalue weighted by molar-refractivity contribution is 5.51. The Labute approximate surface area is 133 Å². The molecule has 3 heterocycles. The van der Waals surface area contributed by atoms with Crippen LogP contribution in [0.15, 0.2) is 18.5 Å². The molecule has 0 aliphatic carbocycles. The van der Waals surface area contributed by atoms with Gasteiger partial charge in [-0.1, -0.05) is 0 Å². The number of rotatable bonds is 2. The molecule has 2 fully saturated rings. The number of aliphatic hydroxyl groups is 2. The highest BCUT2D eigenvalue weighted by Gasteiger charge is 2.23. The summed E-state index contributed by atoms with van der Waals surface area (Å²) in [4.78, 5) is 8.66. The summed E-state index contributed by atoms with van der Waals surface area (Å²) in [6.07, 6.45) is 7.84. The zero-order chi connectivity index (χ0) is 15.9. The van der Waals surface area contributed by atoms with Crippen molar-refractivity contribution in [3.63, 3.8) is 0 Å². The maximum atomic E-state index is 9.19. The molecule has 2 atom stereocenters. The molecule has 5 nitrogen and oxygen atoms in total. The van der Waals surface area contributed by atoms with Gasteiger partial charge in [0.2, 0.25) is 0 Å². The third kappa shape index (κ3) is 4.66. The number of likely N-dealkylation sites (tertiary alicyclic amines) is 1. The second-order valence-corrected chi connectivity index (χ2v) is 6.35. The molecular formula is C17H29N3O2. The minimum Gasteiger partial charge on any atom is -0.395 e. The molecule has 2 unspecified atom stereocenters. The van der Waals surface area contributed by atoms with Crippen molar-refractivity contribution in [2.75, 3.05) is 38.2 Å². The summed E-state index contributed by atoms with van der Waals surface area (Å²) in [7, 11) is 1.98. The average molecular weight is 307 g/mol. The molecule has 22 heavy (non-hydrogen) atoms. The molecule has 1 aromatic heterocycles. The summed E-state index contributed by atoms with van der Waals surface area (Å²) in [5.74, 6) is 0. The minimum absolute atomic E-state index is 0.160. The summed E-state index contributed by atoms with van der Waals surface area (Å²) in [5.41, 5.74) is 2.65. The minimum atomic E-state index is -0.201. The SMILES string of the molecule is CN1CCC(O)CC1CO.Cc1ccncc1N1CCCC1. The highest BCUT2D eigenvalue weighted by Crippen LogP contribution is 2.22. The molecule has 2 N–H and O–H groups in total. The van der Waals surface area contributed by atoms with Crippen molar-refractivity contribution in [2.45, 2.75) is 44.8 Å². The lowest BCUT2D eigenvalue weighted by atomic mass is 10.0. The van der Waals surface area contributed by atoms with Crippen LogP contribution in [0.1, 0.15) is 31.2 Å². The molecule has 0 saturated carbocycles. The van der Waals surface area contributed by atoms with Crippen LogP contribution in [0.4, 0.5) is 5.69 Å². The number of nitrogens with zero attached hydrogens (tertiary/aromatic N) is 3. The first kappa shape index (κ1) is 17.2. The van der Waals surface area contributed by atoms with E-state index in [0.29, 0.717) is 6.42 Å². The van der Waals surface area contributed by atoms with E-state index in [0.717, 1.165) is 13.0 Å². The molecule has 0 amide bonds. The third-order valence-corrected chi connectivity index (χ3v) is 4.65. The van der Waals surface area contributed by atoms with E-state index in [4.69, 9.17) is 5.11 Å². The van der Waals surface area contributed by atoms with Crippen LogP contribution in [0.5, 0.6) is 0 Å². The van der Waals surface area contributed by atoms with Gasteiger partial charge in [0, 0.05) is 31.9 Å². The number of piperidine rings is 1. The largest absolute Gasteiger partial charge is 0.395 e. The molecule has 1 aromatic rings. The van der Waals surface area contributed by atoms with E-state index in [1.165, 1.54) is 37.2 Å². The van der Waals surface area contributed by atoms with Gasteiger partial charge in [-0.25, -0.2) is 0 Å². The van der Waals surface area contributed by atoms with Crippen molar-refractivity contribution < 1.29 is 10.2 Å². The van der Waals surface area contributed by atoms with Gasteiger partial charge in [-0.15, -0.1) is 0 Å². The van der Waals surface area contributed by atoms with Gasteiger partial charge in [0.15, 0.2) is 0 Å². The van der Waals surface area contributed by atoms with Crippen molar-refractivity contribution in [1.82, 2.24) is 9.88 Å². The normalized spacial score (nSPS) is 25.7. The Balaban J connectivity index is 0.000000164. The van der Waals surface area contributed by atoms with Gasteiger partial charge in [-0.05, 0) is 51.3 Å². The number of aliphatic hydroxyl groups excluding tert-OH is 2. The summed E-state index contributed by atoms with van der Waals surface area (Å²) in [6, 6.07) is 2.25. The Morgan fingerprint density at radius 2 is 2.00 bits per heavy atom. The van der Waals surface area contributed by atoms with Crippen LogP contribution in [0.2, 0.25) is 0 Å². The zero-order valence-electron chi connectivity index (χ0n) is 13.8. The van der Waals surface area contributed by atoms with E-state index in [2.05, 4.69) is 27.8 Å². The maximum absolute atomic E-state index is 9.19. The van der Waals surface area contributed by atoms with E-state index in [1.54, 1.807) is 0 Å². The van der Waals surface area contributed by atoms with Gasteiger partial charge in [0.25, 0.3) is 0 Å². The van der Waals surface area contributed by atoms with E-state index in [1.807, 2.05) is 19.4 Å². The predicted octanol–water partition coefficient (Wildman–Crippen LogP) is 1.42. The summed E-state index contributed by atoms with van der Waals surface area (Å²) >= 11 is 0. The molecule has 0 aromatic carbocycles. The van der Waals surface area contributed by atoms with Crippen LogP contribution in [0.25, 0.3) is 0 Å². The molecule has 0 radical (unpaired) electrons. The fourth-order valence-electron chi connectivity index (χ4n) is 3.11. The second kappa shape index (κ2) is 8.46. The number of hydrogen-bond acceptors (Lipinski definition) is 5. The Bertz CT molecular complexity index is 449. The molecule has 5 heteroatoms. The van der Waals surface area contributed by atoms with Crippen LogP contribution in [-0.4, -0.2) is 65.5 Å². The number of anilines is 1. The van der Waals surface area contributed by atoms with Gasteiger partial charge in [0.1, 0.15) is 0 Å². The topological polar surface area (TPSA) is 59.8 Å². The molecule has 0 spiro atoms. The number of pyridine rings is 1. The molecule has 124 valence electrons. The van der Waals surface area contributed by atoms with Crippen LogP contribution in [0, 0.1) is 6.92 Å². The van der Waals surface area contributed by atoms with Gasteiger partial charge >= 0.3 is 0 Å². The van der Waals surface area contributed by atoms with E-state index >= 15 is 0 Å². The van der Waals surface area contributed by atoms with E-state index in [9.17, 15) is 5.11 Å². The summed E-state index contributed by atoms with van der Waals surface area (Å²) < 4.78 is 0. The average Bonchev–Trinajstić information content (AvgIpc) is 3.05. The van der Waals surface area contributed by atoms with Crippen LogP contribution in [0.3, 0.4) is 0 Å². The van der Waals surface area contributed by atoms with Crippen LogP contribution in [-0.2, 0) is 0 Å². The Hall–Kier alpha value is -1.17. The smallest absolute Gasteiger partial charge is 0.0587 e. The lowest BCUT2D eigenvalue weighted by Gasteiger charge is -2.33. The van der Waals surface area contributed by atoms with Crippen molar-refractivity contribution in [3.8, 4) is 0 Å². The molecular weight excluding hydrogens is 278 g/mol. The molecule has 0 bridgehead atoms. The number of likely N-dealkylation sites (N-methyl/N-ethyl adjacent to an activating group) is 1.